The molecule has 3 nitrogen and oxygen atoms in total. The number of hydrogen-bond donors (Lipinski definition) is 0. The van der Waals surface area contributed by atoms with E-state index in [-0.39, 0.29) is 0 Å². The van der Waals surface area contributed by atoms with Crippen LogP contribution in [0.1, 0.15) is 6.42 Å². The maximum atomic E-state index is 11.6. The fourth-order valence-corrected chi connectivity index (χ4v) is 2.36. The Labute approximate surface area is 98.2 Å². The molecule has 0 saturated carbocycles. The second-order valence-corrected chi connectivity index (χ2v) is 4.63. The summed E-state index contributed by atoms with van der Waals surface area (Å²) in [5.41, 5.74) is 0. The number of carbonyl (C=O) groups excluding carboxylic acids is 1. The number of amides is 1. The summed E-state index contributed by atoms with van der Waals surface area (Å²) in [6, 6.07) is 4.01. The fourth-order valence-electron chi connectivity index (χ4n) is 1.93. The van der Waals surface area contributed by atoms with Crippen molar-refractivity contribution in [1.29, 1.82) is 0 Å². The molecule has 1 aromatic rings. The molecule has 1 atom stereocenters. The van der Waals surface area contributed by atoms with Crippen molar-refractivity contribution in [1.82, 2.24) is 9.47 Å². The van der Waals surface area contributed by atoms with E-state index in [0.717, 1.165) is 25.0 Å². The molecule has 1 fully saturated rings. The number of aromatic nitrogens is 1. The molecule has 1 amide bonds. The van der Waals surface area contributed by atoms with Crippen LogP contribution in [0, 0.1) is 5.92 Å². The Kier molecular flexibility index (Phi) is 3.46. The average Bonchev–Trinajstić information content (AvgIpc) is 2.84. The molecule has 0 bridgehead atoms. The van der Waals surface area contributed by atoms with Crippen molar-refractivity contribution >= 4 is 21.8 Å². The standard InChI is InChI=1S/C11H15BrN2O/c12-8-10-7-11(15)14(9-10)6-5-13-3-1-2-4-13/h1-4,10H,5-9H2. The zero-order valence-electron chi connectivity index (χ0n) is 8.60. The molecule has 1 saturated heterocycles. The monoisotopic (exact) mass is 270 g/mol. The van der Waals surface area contributed by atoms with Gasteiger partial charge in [0.1, 0.15) is 0 Å². The summed E-state index contributed by atoms with van der Waals surface area (Å²) in [5, 5.41) is 0.929. The van der Waals surface area contributed by atoms with Crippen LogP contribution in [0.3, 0.4) is 0 Å². The number of nitrogens with zero attached hydrogens (tertiary/aromatic N) is 2. The van der Waals surface area contributed by atoms with E-state index in [0.29, 0.717) is 18.2 Å². The number of alkyl halides is 1. The van der Waals surface area contributed by atoms with Crippen LogP contribution in [-0.4, -0.2) is 33.8 Å². The molecule has 0 aromatic carbocycles. The summed E-state index contributed by atoms with van der Waals surface area (Å²) in [6.07, 6.45) is 4.77. The van der Waals surface area contributed by atoms with Gasteiger partial charge < -0.3 is 9.47 Å². The second kappa shape index (κ2) is 4.84. The van der Waals surface area contributed by atoms with E-state index in [1.807, 2.05) is 29.4 Å². The molecule has 82 valence electrons. The van der Waals surface area contributed by atoms with Gasteiger partial charge in [-0.25, -0.2) is 0 Å². The molecule has 1 aliphatic rings. The fraction of sp³-hybridized carbons (Fsp3) is 0.545. The van der Waals surface area contributed by atoms with Gasteiger partial charge in [-0.05, 0) is 18.1 Å². The van der Waals surface area contributed by atoms with Crippen molar-refractivity contribution in [3.05, 3.63) is 24.5 Å². The lowest BCUT2D eigenvalue weighted by Crippen LogP contribution is -2.28. The normalized spacial score (nSPS) is 21.3. The molecule has 0 N–H and O–H groups in total. The number of hydrogen-bond acceptors (Lipinski definition) is 1. The van der Waals surface area contributed by atoms with E-state index in [2.05, 4.69) is 20.5 Å². The molecule has 2 rings (SSSR count). The first-order valence-electron chi connectivity index (χ1n) is 5.24. The van der Waals surface area contributed by atoms with Crippen molar-refractivity contribution in [3.8, 4) is 0 Å². The van der Waals surface area contributed by atoms with E-state index in [1.54, 1.807) is 0 Å². The Hall–Kier alpha value is -0.770. The van der Waals surface area contributed by atoms with Gasteiger partial charge in [-0.3, -0.25) is 4.79 Å². The van der Waals surface area contributed by atoms with Crippen LogP contribution in [0.2, 0.25) is 0 Å². The van der Waals surface area contributed by atoms with E-state index in [9.17, 15) is 4.79 Å². The maximum Gasteiger partial charge on any atom is 0.223 e. The highest BCUT2D eigenvalue weighted by atomic mass is 79.9. The number of rotatable bonds is 4. The summed E-state index contributed by atoms with van der Waals surface area (Å²) >= 11 is 3.44. The quantitative estimate of drug-likeness (QED) is 0.766. The van der Waals surface area contributed by atoms with Crippen LogP contribution >= 0.6 is 15.9 Å². The van der Waals surface area contributed by atoms with Crippen molar-refractivity contribution in [3.63, 3.8) is 0 Å². The molecule has 1 unspecified atom stereocenters. The Bertz CT molecular complexity index is 323. The largest absolute Gasteiger partial charge is 0.352 e. The Morgan fingerprint density at radius 2 is 2.07 bits per heavy atom. The zero-order valence-corrected chi connectivity index (χ0v) is 10.2. The Balaban J connectivity index is 1.83. The Morgan fingerprint density at radius 3 is 2.67 bits per heavy atom. The highest BCUT2D eigenvalue weighted by Gasteiger charge is 2.27. The highest BCUT2D eigenvalue weighted by Crippen LogP contribution is 2.19. The van der Waals surface area contributed by atoms with Gasteiger partial charge in [0.2, 0.25) is 5.91 Å². The summed E-state index contributed by atoms with van der Waals surface area (Å²) in [6.45, 7) is 2.64. The molecule has 0 aliphatic carbocycles. The van der Waals surface area contributed by atoms with E-state index < -0.39 is 0 Å². The molecule has 0 spiro atoms. The first-order valence-corrected chi connectivity index (χ1v) is 6.36. The smallest absolute Gasteiger partial charge is 0.223 e. The molecular weight excluding hydrogens is 256 g/mol. The van der Waals surface area contributed by atoms with Gasteiger partial charge in [0.15, 0.2) is 0 Å². The minimum atomic E-state index is 0.298. The minimum absolute atomic E-state index is 0.298. The third-order valence-electron chi connectivity index (χ3n) is 2.81. The molecule has 1 aromatic heterocycles. The van der Waals surface area contributed by atoms with Crippen molar-refractivity contribution in [2.24, 2.45) is 5.92 Å². The number of carbonyl (C=O) groups is 1. The minimum Gasteiger partial charge on any atom is -0.352 e. The predicted octanol–water partition coefficient (Wildman–Crippen LogP) is 1.73. The highest BCUT2D eigenvalue weighted by molar-refractivity contribution is 9.09. The molecule has 4 heteroatoms. The van der Waals surface area contributed by atoms with Crippen LogP contribution < -0.4 is 0 Å². The lowest BCUT2D eigenvalue weighted by Gasteiger charge is -2.16. The van der Waals surface area contributed by atoms with Crippen LogP contribution in [0.15, 0.2) is 24.5 Å². The van der Waals surface area contributed by atoms with Crippen LogP contribution in [0.4, 0.5) is 0 Å². The SMILES string of the molecule is O=C1CC(CBr)CN1CCn1cccc1. The van der Waals surface area contributed by atoms with Gasteiger partial charge in [-0.2, -0.15) is 0 Å². The van der Waals surface area contributed by atoms with Crippen molar-refractivity contribution < 1.29 is 4.79 Å². The lowest BCUT2D eigenvalue weighted by molar-refractivity contribution is -0.127. The number of likely N-dealkylation sites (tertiary alicyclic amines) is 1. The van der Waals surface area contributed by atoms with Gasteiger partial charge >= 0.3 is 0 Å². The first-order chi connectivity index (χ1) is 7.29. The molecule has 1 aliphatic heterocycles. The third-order valence-corrected chi connectivity index (χ3v) is 3.72. The zero-order chi connectivity index (χ0) is 10.7. The van der Waals surface area contributed by atoms with E-state index in [1.165, 1.54) is 0 Å². The van der Waals surface area contributed by atoms with E-state index >= 15 is 0 Å². The molecule has 2 heterocycles. The maximum absolute atomic E-state index is 11.6. The predicted molar refractivity (Wildman–Crippen MR) is 62.9 cm³/mol. The summed E-state index contributed by atoms with van der Waals surface area (Å²) in [5.74, 6) is 0.800. The molecule has 15 heavy (non-hydrogen) atoms. The average molecular weight is 271 g/mol. The van der Waals surface area contributed by atoms with Gasteiger partial charge in [-0.1, -0.05) is 15.9 Å². The Morgan fingerprint density at radius 1 is 1.33 bits per heavy atom. The summed E-state index contributed by atoms with van der Waals surface area (Å²) in [4.78, 5) is 13.6. The number of halogens is 1. The van der Waals surface area contributed by atoms with Gasteiger partial charge in [0.25, 0.3) is 0 Å². The lowest BCUT2D eigenvalue weighted by atomic mass is 10.2. The van der Waals surface area contributed by atoms with Gasteiger partial charge in [0.05, 0.1) is 0 Å². The van der Waals surface area contributed by atoms with Gasteiger partial charge in [0, 0.05) is 43.8 Å². The first kappa shape index (κ1) is 10.7. The van der Waals surface area contributed by atoms with E-state index in [4.69, 9.17) is 0 Å². The van der Waals surface area contributed by atoms with Gasteiger partial charge in [-0.15, -0.1) is 0 Å². The second-order valence-electron chi connectivity index (χ2n) is 3.99. The molecule has 0 radical (unpaired) electrons. The van der Waals surface area contributed by atoms with Crippen LogP contribution in [0.5, 0.6) is 0 Å². The summed E-state index contributed by atoms with van der Waals surface area (Å²) < 4.78 is 2.11. The van der Waals surface area contributed by atoms with Crippen molar-refractivity contribution in [2.75, 3.05) is 18.4 Å². The van der Waals surface area contributed by atoms with Crippen LogP contribution in [-0.2, 0) is 11.3 Å². The third kappa shape index (κ3) is 2.62. The topological polar surface area (TPSA) is 25.2 Å². The van der Waals surface area contributed by atoms with Crippen LogP contribution in [0.25, 0.3) is 0 Å². The molecular formula is C11H15BrN2O. The van der Waals surface area contributed by atoms with Crippen molar-refractivity contribution in [2.45, 2.75) is 13.0 Å². The summed E-state index contributed by atoms with van der Waals surface area (Å²) in [7, 11) is 0.